The summed E-state index contributed by atoms with van der Waals surface area (Å²) in [6.07, 6.45) is 0.886. The first-order valence-corrected chi connectivity index (χ1v) is 12.0. The van der Waals surface area contributed by atoms with Crippen molar-refractivity contribution >= 4 is 33.6 Å². The van der Waals surface area contributed by atoms with Gasteiger partial charge >= 0.3 is 5.69 Å². The molecule has 0 saturated heterocycles. The molecule has 0 aliphatic carbocycles. The highest BCUT2D eigenvalue weighted by Gasteiger charge is 2.27. The van der Waals surface area contributed by atoms with Gasteiger partial charge < -0.3 is 9.47 Å². The monoisotopic (exact) mass is 465 g/mol. The predicted octanol–water partition coefficient (Wildman–Crippen LogP) is 4.26. The van der Waals surface area contributed by atoms with Crippen molar-refractivity contribution < 1.29 is 0 Å². The minimum absolute atomic E-state index is 0.212. The molecule has 6 rings (SSSR count). The molecule has 176 valence electrons. The number of imidazole rings is 1. The number of fused-ring (bicyclic) bond motifs is 4. The molecule has 0 fully saturated rings. The van der Waals surface area contributed by atoms with Crippen LogP contribution in [0.25, 0.3) is 21.9 Å². The molecule has 0 spiro atoms. The van der Waals surface area contributed by atoms with Gasteiger partial charge in [-0.2, -0.15) is 4.98 Å². The van der Waals surface area contributed by atoms with Gasteiger partial charge in [0.25, 0.3) is 5.56 Å². The molecular weight excluding hydrogens is 438 g/mol. The summed E-state index contributed by atoms with van der Waals surface area (Å²) >= 11 is 0. The maximum absolute atomic E-state index is 13.8. The van der Waals surface area contributed by atoms with Crippen LogP contribution in [0.15, 0.2) is 70.3 Å². The summed E-state index contributed by atoms with van der Waals surface area (Å²) in [5.41, 5.74) is 4.65. The Morgan fingerprint density at radius 1 is 0.943 bits per heavy atom. The molecule has 0 unspecified atom stereocenters. The van der Waals surface area contributed by atoms with Gasteiger partial charge in [0.15, 0.2) is 11.2 Å². The fourth-order valence-electron chi connectivity index (χ4n) is 5.34. The Hall–Kier alpha value is -4.13. The first kappa shape index (κ1) is 21.4. The first-order valence-electron chi connectivity index (χ1n) is 12.0. The van der Waals surface area contributed by atoms with Gasteiger partial charge in [0.2, 0.25) is 5.95 Å². The molecule has 0 atom stereocenters. The minimum atomic E-state index is -0.357. The van der Waals surface area contributed by atoms with Crippen molar-refractivity contribution in [1.82, 2.24) is 18.7 Å². The SMILES string of the molecule is Cc1ccc(N2CCCn3c2nc2c3c(=O)n(Cc3cccc4ccccc34)c(=O)n2C)c(C)c1. The van der Waals surface area contributed by atoms with E-state index in [1.807, 2.05) is 47.0 Å². The van der Waals surface area contributed by atoms with Gasteiger partial charge in [0.05, 0.1) is 6.54 Å². The van der Waals surface area contributed by atoms with Gasteiger partial charge in [0.1, 0.15) is 0 Å². The van der Waals surface area contributed by atoms with E-state index in [0.717, 1.165) is 40.6 Å². The topological polar surface area (TPSA) is 65.1 Å². The Bertz CT molecular complexity index is 1740. The lowest BCUT2D eigenvalue weighted by molar-refractivity contribution is 0.597. The van der Waals surface area contributed by atoms with Crippen LogP contribution in [0.2, 0.25) is 0 Å². The van der Waals surface area contributed by atoms with Crippen molar-refractivity contribution in [3.63, 3.8) is 0 Å². The van der Waals surface area contributed by atoms with Crippen LogP contribution >= 0.6 is 0 Å². The third-order valence-electron chi connectivity index (χ3n) is 7.07. The number of hydrogen-bond acceptors (Lipinski definition) is 4. The maximum Gasteiger partial charge on any atom is 0.332 e. The molecule has 1 aliphatic heterocycles. The Morgan fingerprint density at radius 3 is 2.57 bits per heavy atom. The molecule has 2 aromatic heterocycles. The van der Waals surface area contributed by atoms with Crippen molar-refractivity contribution in [2.45, 2.75) is 33.4 Å². The second kappa shape index (κ2) is 7.98. The molecule has 5 aromatic rings. The van der Waals surface area contributed by atoms with Gasteiger partial charge in [-0.15, -0.1) is 0 Å². The van der Waals surface area contributed by atoms with E-state index in [1.165, 1.54) is 14.7 Å². The summed E-state index contributed by atoms with van der Waals surface area (Å²) in [6, 6.07) is 20.4. The van der Waals surface area contributed by atoms with Crippen molar-refractivity contribution in [2.24, 2.45) is 7.05 Å². The number of nitrogens with zero attached hydrogens (tertiary/aromatic N) is 5. The van der Waals surface area contributed by atoms with E-state index in [9.17, 15) is 9.59 Å². The highest BCUT2D eigenvalue weighted by atomic mass is 16.2. The molecule has 0 saturated carbocycles. The molecule has 7 heteroatoms. The number of hydrogen-bond donors (Lipinski definition) is 0. The highest BCUT2D eigenvalue weighted by molar-refractivity contribution is 5.85. The fourth-order valence-corrected chi connectivity index (χ4v) is 5.34. The van der Waals surface area contributed by atoms with Gasteiger partial charge in [0, 0.05) is 25.8 Å². The lowest BCUT2D eigenvalue weighted by Crippen LogP contribution is -2.40. The van der Waals surface area contributed by atoms with Crippen LogP contribution in [-0.2, 0) is 20.1 Å². The number of aryl methyl sites for hydroxylation is 4. The molecule has 1 aliphatic rings. The molecule has 0 radical (unpaired) electrons. The fraction of sp³-hybridized carbons (Fsp3) is 0.250. The van der Waals surface area contributed by atoms with Gasteiger partial charge in [-0.1, -0.05) is 60.2 Å². The molecule has 3 aromatic carbocycles. The van der Waals surface area contributed by atoms with E-state index in [0.29, 0.717) is 23.7 Å². The summed E-state index contributed by atoms with van der Waals surface area (Å²) < 4.78 is 4.84. The predicted molar refractivity (Wildman–Crippen MR) is 140 cm³/mol. The Kier molecular flexibility index (Phi) is 4.88. The van der Waals surface area contributed by atoms with E-state index in [4.69, 9.17) is 4.98 Å². The summed E-state index contributed by atoms with van der Waals surface area (Å²) in [6.45, 7) is 5.89. The van der Waals surface area contributed by atoms with Crippen LogP contribution in [0.3, 0.4) is 0 Å². The number of rotatable bonds is 3. The second-order valence-electron chi connectivity index (χ2n) is 9.40. The van der Waals surface area contributed by atoms with Crippen LogP contribution in [0.1, 0.15) is 23.1 Å². The van der Waals surface area contributed by atoms with Crippen LogP contribution in [0.5, 0.6) is 0 Å². The standard InChI is InChI=1S/C28H27N5O2/c1-18-12-13-23(19(2)16-18)31-14-7-15-32-24-25(29-27(31)32)30(3)28(35)33(26(24)34)17-21-10-6-9-20-8-4-5-11-22(20)21/h4-6,8-13,16H,7,14-15,17H2,1-3H3. The molecule has 0 N–H and O–H groups in total. The molecule has 3 heterocycles. The van der Waals surface area contributed by atoms with Crippen molar-refractivity contribution in [3.05, 3.63) is 98.2 Å². The third-order valence-corrected chi connectivity index (χ3v) is 7.07. The van der Waals surface area contributed by atoms with Gasteiger partial charge in [-0.3, -0.25) is 13.9 Å². The highest BCUT2D eigenvalue weighted by Crippen LogP contribution is 2.33. The second-order valence-corrected chi connectivity index (χ2v) is 9.40. The van der Waals surface area contributed by atoms with Gasteiger partial charge in [-0.05, 0) is 48.2 Å². The molecular formula is C28H27N5O2. The van der Waals surface area contributed by atoms with E-state index in [1.54, 1.807) is 7.05 Å². The smallest absolute Gasteiger partial charge is 0.312 e. The molecule has 0 amide bonds. The van der Waals surface area contributed by atoms with Crippen molar-refractivity contribution in [3.8, 4) is 0 Å². The van der Waals surface area contributed by atoms with E-state index in [-0.39, 0.29) is 17.8 Å². The normalized spacial score (nSPS) is 13.5. The van der Waals surface area contributed by atoms with Crippen LogP contribution in [0, 0.1) is 13.8 Å². The largest absolute Gasteiger partial charge is 0.332 e. The summed E-state index contributed by atoms with van der Waals surface area (Å²) in [5.74, 6) is 0.716. The number of benzene rings is 3. The quantitative estimate of drug-likeness (QED) is 0.400. The minimum Gasteiger partial charge on any atom is -0.312 e. The van der Waals surface area contributed by atoms with Crippen LogP contribution < -0.4 is 16.1 Å². The zero-order valence-electron chi connectivity index (χ0n) is 20.2. The third kappa shape index (κ3) is 3.30. The Labute approximate surface area is 202 Å². The number of aromatic nitrogens is 4. The van der Waals surface area contributed by atoms with Gasteiger partial charge in [-0.25, -0.2) is 4.79 Å². The van der Waals surface area contributed by atoms with E-state index < -0.39 is 0 Å². The summed E-state index contributed by atoms with van der Waals surface area (Å²) in [4.78, 5) is 34.2. The van der Waals surface area contributed by atoms with Crippen LogP contribution in [-0.4, -0.2) is 25.2 Å². The van der Waals surface area contributed by atoms with Crippen molar-refractivity contribution in [2.75, 3.05) is 11.4 Å². The molecule has 0 bridgehead atoms. The lowest BCUT2D eigenvalue weighted by Gasteiger charge is -2.30. The van der Waals surface area contributed by atoms with E-state index >= 15 is 0 Å². The summed E-state index contributed by atoms with van der Waals surface area (Å²) in [7, 11) is 1.70. The zero-order chi connectivity index (χ0) is 24.3. The lowest BCUT2D eigenvalue weighted by atomic mass is 10.0. The van der Waals surface area contributed by atoms with E-state index in [2.05, 4.69) is 36.9 Å². The summed E-state index contributed by atoms with van der Waals surface area (Å²) in [5, 5.41) is 2.13. The Balaban J connectivity index is 1.55. The maximum atomic E-state index is 13.8. The molecule has 7 nitrogen and oxygen atoms in total. The number of anilines is 2. The van der Waals surface area contributed by atoms with Crippen LogP contribution in [0.4, 0.5) is 11.6 Å². The van der Waals surface area contributed by atoms with Crippen molar-refractivity contribution in [1.29, 1.82) is 0 Å². The first-order chi connectivity index (χ1) is 16.9. The average Bonchev–Trinajstić information content (AvgIpc) is 3.26. The average molecular weight is 466 g/mol. The Morgan fingerprint density at radius 2 is 1.74 bits per heavy atom. The zero-order valence-corrected chi connectivity index (χ0v) is 20.2. The molecule has 35 heavy (non-hydrogen) atoms.